The second kappa shape index (κ2) is 8.89. The van der Waals surface area contributed by atoms with Crippen molar-refractivity contribution in [2.24, 2.45) is 0 Å². The van der Waals surface area contributed by atoms with Crippen LogP contribution in [0.4, 0.5) is 0 Å². The number of unbranched alkanes of at least 4 members (excludes halogenated alkanes) is 2. The quantitative estimate of drug-likeness (QED) is 0.374. The minimum atomic E-state index is -1.51. The molecular weight excluding hydrogens is 258 g/mol. The molecular formula is C10H19Cl3O2. The lowest BCUT2D eigenvalue weighted by Gasteiger charge is -2.24. The zero-order valence-corrected chi connectivity index (χ0v) is 11.5. The van der Waals surface area contributed by atoms with E-state index in [0.717, 1.165) is 25.7 Å². The highest BCUT2D eigenvalue weighted by Crippen LogP contribution is 2.33. The summed E-state index contributed by atoms with van der Waals surface area (Å²) in [6.45, 7) is 5.26. The maximum absolute atomic E-state index is 5.74. The molecule has 0 aliphatic heterocycles. The van der Waals surface area contributed by atoms with Crippen LogP contribution in [0.3, 0.4) is 0 Å². The lowest BCUT2D eigenvalue weighted by atomic mass is 10.3. The Balaban J connectivity index is 3.85. The zero-order chi connectivity index (χ0) is 11.7. The van der Waals surface area contributed by atoms with E-state index in [2.05, 4.69) is 13.8 Å². The minimum Gasteiger partial charge on any atom is -0.349 e. The lowest BCUT2D eigenvalue weighted by Crippen LogP contribution is -2.32. The number of ether oxygens (including phenoxy) is 2. The first-order chi connectivity index (χ1) is 7.02. The van der Waals surface area contributed by atoms with E-state index >= 15 is 0 Å². The van der Waals surface area contributed by atoms with Crippen LogP contribution >= 0.6 is 34.8 Å². The molecule has 0 aromatic rings. The summed E-state index contributed by atoms with van der Waals surface area (Å²) < 4.78 is 9.24. The number of hydrogen-bond acceptors (Lipinski definition) is 2. The first-order valence-electron chi connectivity index (χ1n) is 5.32. The number of halogens is 3. The van der Waals surface area contributed by atoms with Crippen LogP contribution in [0.1, 0.15) is 39.5 Å². The van der Waals surface area contributed by atoms with Gasteiger partial charge in [0.1, 0.15) is 0 Å². The molecule has 2 nitrogen and oxygen atoms in total. The lowest BCUT2D eigenvalue weighted by molar-refractivity contribution is -0.140. The van der Waals surface area contributed by atoms with Crippen LogP contribution in [0, 0.1) is 0 Å². The van der Waals surface area contributed by atoms with Crippen molar-refractivity contribution in [3.8, 4) is 0 Å². The third-order valence-corrected chi connectivity index (χ3v) is 2.34. The summed E-state index contributed by atoms with van der Waals surface area (Å²) in [5, 5.41) is 0. The van der Waals surface area contributed by atoms with Gasteiger partial charge in [-0.3, -0.25) is 0 Å². The van der Waals surface area contributed by atoms with Crippen LogP contribution in [-0.2, 0) is 9.47 Å². The maximum atomic E-state index is 5.74. The van der Waals surface area contributed by atoms with Gasteiger partial charge in [-0.2, -0.15) is 0 Å². The molecule has 0 fully saturated rings. The van der Waals surface area contributed by atoms with Gasteiger partial charge in [0.15, 0.2) is 0 Å². The highest BCUT2D eigenvalue weighted by Gasteiger charge is 2.34. The van der Waals surface area contributed by atoms with Gasteiger partial charge < -0.3 is 9.47 Å². The van der Waals surface area contributed by atoms with Gasteiger partial charge in [-0.15, -0.1) is 0 Å². The van der Waals surface area contributed by atoms with E-state index in [1.54, 1.807) is 0 Å². The Bertz CT molecular complexity index is 138. The van der Waals surface area contributed by atoms with E-state index in [-0.39, 0.29) is 0 Å². The first kappa shape index (κ1) is 15.8. The smallest absolute Gasteiger partial charge is 0.240 e. The summed E-state index contributed by atoms with van der Waals surface area (Å²) in [6.07, 6.45) is 3.20. The van der Waals surface area contributed by atoms with Crippen LogP contribution in [0.15, 0.2) is 0 Å². The molecule has 0 saturated heterocycles. The van der Waals surface area contributed by atoms with Gasteiger partial charge in [-0.25, -0.2) is 0 Å². The van der Waals surface area contributed by atoms with Crippen molar-refractivity contribution >= 4 is 34.8 Å². The van der Waals surface area contributed by atoms with Crippen molar-refractivity contribution in [3.05, 3.63) is 0 Å². The van der Waals surface area contributed by atoms with Gasteiger partial charge in [-0.05, 0) is 12.8 Å². The van der Waals surface area contributed by atoms with Crippen molar-refractivity contribution in [3.63, 3.8) is 0 Å². The Morgan fingerprint density at radius 2 is 1.33 bits per heavy atom. The highest BCUT2D eigenvalue weighted by atomic mass is 35.6. The van der Waals surface area contributed by atoms with Gasteiger partial charge in [0, 0.05) is 13.2 Å². The summed E-state index contributed by atoms with van der Waals surface area (Å²) >= 11 is 17.2. The Morgan fingerprint density at radius 1 is 0.933 bits per heavy atom. The van der Waals surface area contributed by atoms with Gasteiger partial charge in [0.05, 0.1) is 0 Å². The summed E-state index contributed by atoms with van der Waals surface area (Å²) in [5.74, 6) is 0. The third-order valence-electron chi connectivity index (χ3n) is 1.80. The normalized spacial score (nSPS) is 12.4. The molecule has 0 aliphatic carbocycles. The van der Waals surface area contributed by atoms with E-state index in [4.69, 9.17) is 44.3 Å². The van der Waals surface area contributed by atoms with Crippen molar-refractivity contribution in [1.82, 2.24) is 0 Å². The van der Waals surface area contributed by atoms with Crippen LogP contribution in [0.5, 0.6) is 0 Å². The molecule has 5 heteroatoms. The Hall–Kier alpha value is 0.790. The molecule has 0 aromatic heterocycles. The van der Waals surface area contributed by atoms with Gasteiger partial charge in [0.25, 0.3) is 0 Å². The van der Waals surface area contributed by atoms with Gasteiger partial charge >= 0.3 is 0 Å². The number of alkyl halides is 3. The second-order valence-electron chi connectivity index (χ2n) is 3.32. The Labute approximate surface area is 107 Å². The average Bonchev–Trinajstić information content (AvgIpc) is 2.14. The fourth-order valence-electron chi connectivity index (χ4n) is 0.907. The SMILES string of the molecule is CCCCOC(OCCCC)C(Cl)(Cl)Cl. The van der Waals surface area contributed by atoms with E-state index in [1.807, 2.05) is 0 Å². The fourth-order valence-corrected chi connectivity index (χ4v) is 1.28. The topological polar surface area (TPSA) is 18.5 Å². The zero-order valence-electron chi connectivity index (χ0n) is 9.27. The predicted octanol–water partition coefficient (Wildman–Crippen LogP) is 4.32. The molecule has 0 N–H and O–H groups in total. The summed E-state index contributed by atoms with van der Waals surface area (Å²) in [6, 6.07) is 0. The molecule has 0 unspecified atom stereocenters. The van der Waals surface area contributed by atoms with E-state index in [0.29, 0.717) is 13.2 Å². The molecule has 0 saturated carbocycles. The first-order valence-corrected chi connectivity index (χ1v) is 6.45. The fraction of sp³-hybridized carbons (Fsp3) is 1.00. The molecule has 92 valence electrons. The standard InChI is InChI=1S/C10H19Cl3O2/c1-3-5-7-14-9(10(11,12)13)15-8-6-4-2/h9H,3-8H2,1-2H3. The molecule has 0 radical (unpaired) electrons. The van der Waals surface area contributed by atoms with Crippen LogP contribution < -0.4 is 0 Å². The Kier molecular flexibility index (Phi) is 9.35. The third kappa shape index (κ3) is 8.58. The van der Waals surface area contributed by atoms with Gasteiger partial charge in [0.2, 0.25) is 10.1 Å². The number of hydrogen-bond donors (Lipinski definition) is 0. The van der Waals surface area contributed by atoms with Crippen molar-refractivity contribution in [2.75, 3.05) is 13.2 Å². The minimum absolute atomic E-state index is 0.557. The van der Waals surface area contributed by atoms with E-state index in [1.165, 1.54) is 0 Å². The molecule has 0 aromatic carbocycles. The largest absolute Gasteiger partial charge is 0.349 e. The van der Waals surface area contributed by atoms with Crippen molar-refractivity contribution < 1.29 is 9.47 Å². The maximum Gasteiger partial charge on any atom is 0.240 e. The van der Waals surface area contributed by atoms with Crippen molar-refractivity contribution in [1.29, 1.82) is 0 Å². The Morgan fingerprint density at radius 3 is 1.60 bits per heavy atom. The molecule has 0 rings (SSSR count). The van der Waals surface area contributed by atoms with Crippen LogP contribution in [0.25, 0.3) is 0 Å². The summed E-state index contributed by atoms with van der Waals surface area (Å²) in [4.78, 5) is 0. The monoisotopic (exact) mass is 276 g/mol. The van der Waals surface area contributed by atoms with E-state index in [9.17, 15) is 0 Å². The summed E-state index contributed by atoms with van der Waals surface area (Å²) in [7, 11) is 0. The summed E-state index contributed by atoms with van der Waals surface area (Å²) in [5.41, 5.74) is 0. The molecule has 0 atom stereocenters. The molecule has 15 heavy (non-hydrogen) atoms. The van der Waals surface area contributed by atoms with Crippen LogP contribution in [0.2, 0.25) is 0 Å². The molecule has 0 bridgehead atoms. The second-order valence-corrected chi connectivity index (χ2v) is 5.69. The molecule has 0 spiro atoms. The van der Waals surface area contributed by atoms with Crippen molar-refractivity contribution in [2.45, 2.75) is 49.6 Å². The van der Waals surface area contributed by atoms with Crippen LogP contribution in [-0.4, -0.2) is 23.3 Å². The highest BCUT2D eigenvalue weighted by molar-refractivity contribution is 6.67. The van der Waals surface area contributed by atoms with E-state index < -0.39 is 10.1 Å². The average molecular weight is 278 g/mol. The molecule has 0 aliphatic rings. The van der Waals surface area contributed by atoms with Gasteiger partial charge in [-0.1, -0.05) is 61.5 Å². The predicted molar refractivity (Wildman–Crippen MR) is 65.8 cm³/mol. The molecule has 0 heterocycles. The number of rotatable bonds is 8. The molecule has 0 amide bonds.